The smallest absolute Gasteiger partial charge is 0.194 e. The number of hydrogen-bond acceptors (Lipinski definition) is 3. The van der Waals surface area contributed by atoms with Crippen LogP contribution in [0.15, 0.2) is 29.3 Å². The van der Waals surface area contributed by atoms with Crippen molar-refractivity contribution in [2.24, 2.45) is 10.9 Å². The predicted octanol–water partition coefficient (Wildman–Crippen LogP) is 2.25. The summed E-state index contributed by atoms with van der Waals surface area (Å²) in [4.78, 5) is 6.80. The van der Waals surface area contributed by atoms with Gasteiger partial charge in [-0.2, -0.15) is 0 Å². The number of ether oxygens (including phenoxy) is 1. The number of aliphatic imine (C=N–C) groups is 1. The van der Waals surface area contributed by atoms with Crippen molar-refractivity contribution >= 4 is 5.96 Å². The van der Waals surface area contributed by atoms with Gasteiger partial charge in [-0.1, -0.05) is 26.0 Å². The van der Waals surface area contributed by atoms with Gasteiger partial charge >= 0.3 is 0 Å². The van der Waals surface area contributed by atoms with E-state index in [1.54, 1.807) is 0 Å². The number of aliphatic hydroxyl groups is 1. The SMILES string of the molecule is CCNC(=NCc1ccc(OCC(C)C)cc1)N1CC[C@@H](O)C1. The van der Waals surface area contributed by atoms with E-state index in [9.17, 15) is 5.11 Å². The first-order valence-corrected chi connectivity index (χ1v) is 8.51. The van der Waals surface area contributed by atoms with Gasteiger partial charge in [0.05, 0.1) is 19.3 Å². The van der Waals surface area contributed by atoms with Crippen LogP contribution >= 0.6 is 0 Å². The molecule has 0 aliphatic carbocycles. The molecule has 1 aromatic rings. The molecule has 2 N–H and O–H groups in total. The summed E-state index contributed by atoms with van der Waals surface area (Å²) in [6.07, 6.45) is 0.572. The van der Waals surface area contributed by atoms with Gasteiger partial charge in [0.2, 0.25) is 0 Å². The number of β-amino-alcohol motifs (C(OH)–C–C–N with tert-alkyl or cyclic N) is 1. The van der Waals surface area contributed by atoms with Crippen LogP contribution in [0, 0.1) is 5.92 Å². The van der Waals surface area contributed by atoms with E-state index in [4.69, 9.17) is 4.74 Å². The lowest BCUT2D eigenvalue weighted by Crippen LogP contribution is -2.40. The molecule has 23 heavy (non-hydrogen) atoms. The second kappa shape index (κ2) is 8.77. The lowest BCUT2D eigenvalue weighted by molar-refractivity contribution is 0.188. The van der Waals surface area contributed by atoms with Gasteiger partial charge < -0.3 is 20.1 Å². The molecule has 0 amide bonds. The normalized spacial score (nSPS) is 18.6. The van der Waals surface area contributed by atoms with Crippen LogP contribution in [-0.2, 0) is 6.54 Å². The summed E-state index contributed by atoms with van der Waals surface area (Å²) in [7, 11) is 0. The number of benzene rings is 1. The standard InChI is InChI=1S/C18H29N3O2/c1-4-19-18(21-10-9-16(22)12-21)20-11-15-5-7-17(8-6-15)23-13-14(2)3/h5-8,14,16,22H,4,9-13H2,1-3H3,(H,19,20)/t16-/m1/s1. The fourth-order valence-electron chi connectivity index (χ4n) is 2.48. The Kier molecular flexibility index (Phi) is 6.71. The van der Waals surface area contributed by atoms with Crippen molar-refractivity contribution in [3.63, 3.8) is 0 Å². The van der Waals surface area contributed by atoms with Crippen LogP contribution in [0.5, 0.6) is 5.75 Å². The molecular formula is C18H29N3O2. The van der Waals surface area contributed by atoms with Crippen molar-refractivity contribution in [3.05, 3.63) is 29.8 Å². The van der Waals surface area contributed by atoms with Crippen molar-refractivity contribution in [3.8, 4) is 5.75 Å². The second-order valence-corrected chi connectivity index (χ2v) is 6.41. The Morgan fingerprint density at radius 2 is 2.13 bits per heavy atom. The molecule has 128 valence electrons. The highest BCUT2D eigenvalue weighted by molar-refractivity contribution is 5.80. The summed E-state index contributed by atoms with van der Waals surface area (Å²) < 4.78 is 5.70. The summed E-state index contributed by atoms with van der Waals surface area (Å²) in [5, 5.41) is 13.0. The van der Waals surface area contributed by atoms with Crippen molar-refractivity contribution < 1.29 is 9.84 Å². The first-order chi connectivity index (χ1) is 11.1. The van der Waals surface area contributed by atoms with Crippen molar-refractivity contribution in [2.45, 2.75) is 39.8 Å². The van der Waals surface area contributed by atoms with Gasteiger partial charge in [0.1, 0.15) is 5.75 Å². The molecule has 0 saturated carbocycles. The van der Waals surface area contributed by atoms with Crippen molar-refractivity contribution in [2.75, 3.05) is 26.2 Å². The zero-order chi connectivity index (χ0) is 16.7. The molecule has 0 spiro atoms. The Hall–Kier alpha value is -1.75. The van der Waals surface area contributed by atoms with Crippen molar-refractivity contribution in [1.29, 1.82) is 0 Å². The molecule has 5 heteroatoms. The molecule has 1 fully saturated rings. The van der Waals surface area contributed by atoms with Crippen LogP contribution < -0.4 is 10.1 Å². The Morgan fingerprint density at radius 1 is 1.39 bits per heavy atom. The quantitative estimate of drug-likeness (QED) is 0.624. The molecule has 1 heterocycles. The molecule has 2 rings (SSSR count). The Morgan fingerprint density at radius 3 is 2.70 bits per heavy atom. The fraction of sp³-hybridized carbons (Fsp3) is 0.611. The summed E-state index contributed by atoms with van der Waals surface area (Å²) in [6, 6.07) is 8.11. The van der Waals surface area contributed by atoms with Gasteiger partial charge in [0.15, 0.2) is 5.96 Å². The maximum Gasteiger partial charge on any atom is 0.194 e. The average Bonchev–Trinajstić information content (AvgIpc) is 2.96. The first kappa shape index (κ1) is 17.6. The lowest BCUT2D eigenvalue weighted by Gasteiger charge is -2.20. The van der Waals surface area contributed by atoms with E-state index in [1.807, 2.05) is 12.1 Å². The third kappa shape index (κ3) is 5.75. The van der Waals surface area contributed by atoms with Crippen LogP contribution in [0.4, 0.5) is 0 Å². The Bertz CT molecular complexity index is 499. The van der Waals surface area contributed by atoms with Gasteiger partial charge in [0, 0.05) is 19.6 Å². The predicted molar refractivity (Wildman–Crippen MR) is 93.8 cm³/mol. The van der Waals surface area contributed by atoms with Crippen molar-refractivity contribution in [1.82, 2.24) is 10.2 Å². The molecule has 1 aliphatic heterocycles. The van der Waals surface area contributed by atoms with Crippen LogP contribution in [-0.4, -0.2) is 48.3 Å². The van der Waals surface area contributed by atoms with E-state index >= 15 is 0 Å². The Labute approximate surface area is 139 Å². The summed E-state index contributed by atoms with van der Waals surface area (Å²) in [6.45, 7) is 10.0. The molecule has 0 aromatic heterocycles. The second-order valence-electron chi connectivity index (χ2n) is 6.41. The molecule has 0 bridgehead atoms. The molecule has 1 saturated heterocycles. The highest BCUT2D eigenvalue weighted by Crippen LogP contribution is 2.14. The minimum Gasteiger partial charge on any atom is -0.493 e. The number of likely N-dealkylation sites (tertiary alicyclic amines) is 1. The number of nitrogens with zero attached hydrogens (tertiary/aromatic N) is 2. The third-order valence-corrected chi connectivity index (χ3v) is 3.72. The van der Waals surface area contributed by atoms with Gasteiger partial charge in [-0.05, 0) is 37.0 Å². The molecule has 0 unspecified atom stereocenters. The van der Waals surface area contributed by atoms with Gasteiger partial charge in [-0.15, -0.1) is 0 Å². The zero-order valence-electron chi connectivity index (χ0n) is 14.5. The monoisotopic (exact) mass is 319 g/mol. The van der Waals surface area contributed by atoms with Crippen LogP contribution in [0.25, 0.3) is 0 Å². The Balaban J connectivity index is 1.93. The van der Waals surface area contributed by atoms with Crippen LogP contribution in [0.2, 0.25) is 0 Å². The summed E-state index contributed by atoms with van der Waals surface area (Å²) in [5.74, 6) is 2.31. The van der Waals surface area contributed by atoms with E-state index in [0.29, 0.717) is 19.0 Å². The zero-order valence-corrected chi connectivity index (χ0v) is 14.5. The van der Waals surface area contributed by atoms with Crippen LogP contribution in [0.3, 0.4) is 0 Å². The van der Waals surface area contributed by atoms with E-state index in [0.717, 1.165) is 43.4 Å². The minimum atomic E-state index is -0.240. The fourth-order valence-corrected chi connectivity index (χ4v) is 2.48. The molecule has 1 aromatic carbocycles. The van der Waals surface area contributed by atoms with Gasteiger partial charge in [-0.3, -0.25) is 0 Å². The largest absolute Gasteiger partial charge is 0.493 e. The number of hydrogen-bond donors (Lipinski definition) is 2. The molecule has 0 radical (unpaired) electrons. The van der Waals surface area contributed by atoms with E-state index < -0.39 is 0 Å². The highest BCUT2D eigenvalue weighted by Gasteiger charge is 2.22. The van der Waals surface area contributed by atoms with Gasteiger partial charge in [-0.25, -0.2) is 4.99 Å². The maximum atomic E-state index is 9.68. The van der Waals surface area contributed by atoms with E-state index in [-0.39, 0.29) is 6.10 Å². The van der Waals surface area contributed by atoms with Crippen LogP contribution in [0.1, 0.15) is 32.8 Å². The maximum absolute atomic E-state index is 9.68. The van der Waals surface area contributed by atoms with Gasteiger partial charge in [0.25, 0.3) is 0 Å². The number of aliphatic hydroxyl groups excluding tert-OH is 1. The topological polar surface area (TPSA) is 57.1 Å². The molecule has 1 aliphatic rings. The third-order valence-electron chi connectivity index (χ3n) is 3.72. The first-order valence-electron chi connectivity index (χ1n) is 8.51. The summed E-state index contributed by atoms with van der Waals surface area (Å²) >= 11 is 0. The molecule has 5 nitrogen and oxygen atoms in total. The average molecular weight is 319 g/mol. The molecular weight excluding hydrogens is 290 g/mol. The number of rotatable bonds is 6. The van der Waals surface area contributed by atoms with E-state index in [1.165, 1.54) is 0 Å². The number of nitrogens with one attached hydrogen (secondary N) is 1. The minimum absolute atomic E-state index is 0.240. The van der Waals surface area contributed by atoms with E-state index in [2.05, 4.69) is 48.1 Å². The number of guanidine groups is 1. The summed E-state index contributed by atoms with van der Waals surface area (Å²) in [5.41, 5.74) is 1.15. The lowest BCUT2D eigenvalue weighted by atomic mass is 10.2. The highest BCUT2D eigenvalue weighted by atomic mass is 16.5. The molecule has 1 atom stereocenters.